The molecule has 0 spiro atoms. The number of nitrogens with zero attached hydrogens (tertiary/aromatic N) is 4. The van der Waals surface area contributed by atoms with Crippen molar-refractivity contribution in [2.75, 3.05) is 0 Å². The van der Waals surface area contributed by atoms with Crippen LogP contribution < -0.4 is 9.30 Å². The number of fused-ring (bicyclic) bond motifs is 10. The average molecular weight is 1050 g/mol. The first kappa shape index (κ1) is 50.0. The lowest BCUT2D eigenvalue weighted by Gasteiger charge is -2.42. The summed E-state index contributed by atoms with van der Waals surface area (Å²) in [6, 6.07) is 62.1. The molecule has 0 radical (unpaired) electrons. The van der Waals surface area contributed by atoms with Crippen LogP contribution in [0.3, 0.4) is 0 Å². The Labute approximate surface area is 470 Å². The largest absolute Gasteiger partial charge is 0.458 e. The lowest BCUT2D eigenvalue weighted by atomic mass is 9.62. The van der Waals surface area contributed by atoms with E-state index in [9.17, 15) is 0 Å². The van der Waals surface area contributed by atoms with Gasteiger partial charge in [-0.3, -0.25) is 13.7 Å². The third-order valence-corrected chi connectivity index (χ3v) is 18.5. The summed E-state index contributed by atoms with van der Waals surface area (Å²) >= 11 is 0. The predicted octanol–water partition coefficient (Wildman–Crippen LogP) is 19.2. The summed E-state index contributed by atoms with van der Waals surface area (Å²) < 4.78 is 20.5. The first-order valence-electron chi connectivity index (χ1n) is 28.8. The Morgan fingerprint density at radius 2 is 1.12 bits per heavy atom. The number of rotatable bonds is 7. The molecule has 6 heteroatoms. The van der Waals surface area contributed by atoms with E-state index in [2.05, 4.69) is 248 Å². The van der Waals surface area contributed by atoms with Gasteiger partial charge in [-0.1, -0.05) is 185 Å². The van der Waals surface area contributed by atoms with E-state index in [1.807, 2.05) is 24.4 Å². The highest BCUT2D eigenvalue weighted by molar-refractivity contribution is 6.21. The van der Waals surface area contributed by atoms with E-state index in [1.165, 1.54) is 62.9 Å². The summed E-state index contributed by atoms with van der Waals surface area (Å²) in [7, 11) is 0. The van der Waals surface area contributed by atoms with Gasteiger partial charge < -0.3 is 9.15 Å². The molecule has 0 amide bonds. The minimum Gasteiger partial charge on any atom is -0.458 e. The summed E-state index contributed by atoms with van der Waals surface area (Å²) in [5.41, 5.74) is 19.9. The summed E-state index contributed by atoms with van der Waals surface area (Å²) in [5.74, 6) is 2.27. The number of hydrogen-bond acceptors (Lipinski definition) is 3. The SMILES string of the molecule is CC(C)(C)c1ccnc(-n2c3cc(Oc4cccc(-n5[c-][n+](-c6c(-c7ccc8c(c7)C(C)(C)CCC8(C)C)cccc6-c6ccc7c(c6)C(C)(C)CCC7(C)C)c6ccccc65)c4)ccc3c3ccc4c5ccccc5oc4c32)c1. The van der Waals surface area contributed by atoms with Crippen LogP contribution in [0.2, 0.25) is 0 Å². The molecule has 0 fully saturated rings. The Balaban J connectivity index is 0.922. The van der Waals surface area contributed by atoms with E-state index >= 15 is 0 Å². The maximum Gasteiger partial charge on any atom is 0.269 e. The molecule has 12 aromatic rings. The second kappa shape index (κ2) is 17.6. The van der Waals surface area contributed by atoms with Gasteiger partial charge in [0.2, 0.25) is 0 Å². The molecule has 4 heterocycles. The van der Waals surface area contributed by atoms with Crippen LogP contribution in [0.25, 0.3) is 94.2 Å². The molecule has 0 unspecified atom stereocenters. The van der Waals surface area contributed by atoms with E-state index in [1.54, 1.807) is 0 Å². The normalized spacial score (nSPS) is 16.4. The molecule has 8 aromatic carbocycles. The zero-order valence-electron chi connectivity index (χ0n) is 48.2. The maximum atomic E-state index is 6.97. The van der Waals surface area contributed by atoms with Crippen LogP contribution in [-0.4, -0.2) is 14.1 Å². The van der Waals surface area contributed by atoms with Gasteiger partial charge in [0.1, 0.15) is 22.9 Å². The molecule has 0 saturated carbocycles. The van der Waals surface area contributed by atoms with Crippen molar-refractivity contribution >= 4 is 54.8 Å². The number of aromatic nitrogens is 4. The highest BCUT2D eigenvalue weighted by Crippen LogP contribution is 2.50. The molecule has 2 aliphatic rings. The Hall–Kier alpha value is -8.22. The Morgan fingerprint density at radius 3 is 1.81 bits per heavy atom. The first-order chi connectivity index (χ1) is 38.2. The van der Waals surface area contributed by atoms with Gasteiger partial charge in [-0.05, 0) is 157 Å². The van der Waals surface area contributed by atoms with Crippen molar-refractivity contribution in [3.63, 3.8) is 0 Å². The van der Waals surface area contributed by atoms with Crippen LogP contribution in [0, 0.1) is 6.33 Å². The highest BCUT2D eigenvalue weighted by atomic mass is 16.5. The van der Waals surface area contributed by atoms with Crippen molar-refractivity contribution < 1.29 is 13.7 Å². The van der Waals surface area contributed by atoms with Crippen molar-refractivity contribution in [2.24, 2.45) is 0 Å². The summed E-state index contributed by atoms with van der Waals surface area (Å²) in [6.07, 6.45) is 10.6. The molecule has 4 aromatic heterocycles. The van der Waals surface area contributed by atoms with Crippen LogP contribution >= 0.6 is 0 Å². The van der Waals surface area contributed by atoms with E-state index < -0.39 is 0 Å². The molecular formula is C74H70N4O2. The number of hydrogen-bond donors (Lipinski definition) is 0. The summed E-state index contributed by atoms with van der Waals surface area (Å²) in [6.45, 7) is 26.1. The Kier molecular flexibility index (Phi) is 11.0. The van der Waals surface area contributed by atoms with Crippen LogP contribution in [0.15, 0.2) is 180 Å². The number of imidazole rings is 1. The number of pyridine rings is 1. The quantitative estimate of drug-likeness (QED) is 0.118. The van der Waals surface area contributed by atoms with Crippen LogP contribution in [0.1, 0.15) is 130 Å². The fourth-order valence-corrected chi connectivity index (χ4v) is 13.6. The van der Waals surface area contributed by atoms with Gasteiger partial charge in [-0.15, -0.1) is 0 Å². The molecule has 80 heavy (non-hydrogen) atoms. The van der Waals surface area contributed by atoms with E-state index in [0.29, 0.717) is 0 Å². The first-order valence-corrected chi connectivity index (χ1v) is 28.8. The van der Waals surface area contributed by atoms with Gasteiger partial charge >= 0.3 is 0 Å². The molecule has 6 nitrogen and oxygen atoms in total. The number of benzene rings is 8. The van der Waals surface area contributed by atoms with Gasteiger partial charge in [0.25, 0.3) is 6.33 Å². The molecule has 0 atom stereocenters. The Bertz CT molecular complexity index is 4410. The average Bonchev–Trinajstić information content (AvgIpc) is 4.25. The van der Waals surface area contributed by atoms with Crippen LogP contribution in [0.5, 0.6) is 11.5 Å². The highest BCUT2D eigenvalue weighted by Gasteiger charge is 2.39. The van der Waals surface area contributed by atoms with Gasteiger partial charge in [-0.25, -0.2) is 4.98 Å². The molecular weight excluding hydrogens is 977 g/mol. The minimum atomic E-state index is -0.0785. The zero-order valence-corrected chi connectivity index (χ0v) is 48.2. The Morgan fingerprint density at radius 1 is 0.525 bits per heavy atom. The second-order valence-corrected chi connectivity index (χ2v) is 26.7. The molecule has 14 rings (SSSR count). The van der Waals surface area contributed by atoms with Crippen LogP contribution in [-0.2, 0) is 27.1 Å². The number of para-hydroxylation sites is 4. The predicted molar refractivity (Wildman–Crippen MR) is 330 cm³/mol. The van der Waals surface area contributed by atoms with Crippen LogP contribution in [0.4, 0.5) is 0 Å². The lowest BCUT2D eigenvalue weighted by Crippen LogP contribution is -2.34. The molecule has 398 valence electrons. The van der Waals surface area contributed by atoms with Crippen molar-refractivity contribution in [1.82, 2.24) is 14.1 Å². The zero-order chi connectivity index (χ0) is 55.3. The fraction of sp³-hybridized carbons (Fsp3) is 0.270. The van der Waals surface area contributed by atoms with E-state index in [4.69, 9.17) is 14.1 Å². The van der Waals surface area contributed by atoms with Gasteiger partial charge in [0.05, 0.1) is 33.4 Å². The van der Waals surface area contributed by atoms with E-state index in [-0.39, 0.29) is 27.1 Å². The minimum absolute atomic E-state index is 0.0551. The van der Waals surface area contributed by atoms with Gasteiger partial charge in [-0.2, -0.15) is 0 Å². The van der Waals surface area contributed by atoms with E-state index in [0.717, 1.165) is 96.3 Å². The molecule has 0 bridgehead atoms. The summed E-state index contributed by atoms with van der Waals surface area (Å²) in [4.78, 5) is 5.04. The maximum absolute atomic E-state index is 6.97. The standard InChI is InChI=1S/C74H70N4O2/c1-70(2,3)48-34-39-75-66(42-48)78-64-44-51(28-29-54(64)56-30-31-57-55-20-12-15-25-65(55)80-69(57)68(56)78)79-50-19-16-18-49(43-50)76-45-77(63-24-14-13-23-62(63)76)67-52(46-26-32-58-60(40-46)73(8,9)37-35-71(58,4)5)21-17-22-53(67)47-27-33-59-61(41-47)74(10,11)38-36-72(59,6)7/h12-34,39-44H,35-38H2,1-11H3. The van der Waals surface area contributed by atoms with Crippen molar-refractivity contribution in [3.8, 4) is 50.9 Å². The third-order valence-electron chi connectivity index (χ3n) is 18.5. The van der Waals surface area contributed by atoms with Crippen molar-refractivity contribution in [2.45, 2.75) is 129 Å². The van der Waals surface area contributed by atoms with Gasteiger partial charge in [0, 0.05) is 33.8 Å². The molecule has 0 saturated heterocycles. The number of furan rings is 1. The summed E-state index contributed by atoms with van der Waals surface area (Å²) in [5, 5.41) is 4.35. The molecule has 2 aliphatic carbocycles. The topological polar surface area (TPSA) is 49.0 Å². The third kappa shape index (κ3) is 7.95. The monoisotopic (exact) mass is 1050 g/mol. The smallest absolute Gasteiger partial charge is 0.269 e. The fourth-order valence-electron chi connectivity index (χ4n) is 13.6. The molecule has 0 N–H and O–H groups in total. The lowest BCUT2D eigenvalue weighted by molar-refractivity contribution is -0.571. The second-order valence-electron chi connectivity index (χ2n) is 26.7. The van der Waals surface area contributed by atoms with Crippen molar-refractivity contribution in [3.05, 3.63) is 210 Å². The van der Waals surface area contributed by atoms with Gasteiger partial charge in [0.15, 0.2) is 5.58 Å². The van der Waals surface area contributed by atoms with Crippen molar-refractivity contribution in [1.29, 1.82) is 0 Å². The number of ether oxygens (including phenoxy) is 1. The molecule has 0 aliphatic heterocycles.